The van der Waals surface area contributed by atoms with Crippen molar-refractivity contribution in [3.8, 4) is 0 Å². The highest BCUT2D eigenvalue weighted by Gasteiger charge is 2.74. The average molecular weight is 490 g/mol. The van der Waals surface area contributed by atoms with E-state index >= 15 is 0 Å². The van der Waals surface area contributed by atoms with Crippen LogP contribution in [0.4, 0.5) is 24.5 Å². The molecule has 1 spiro atoms. The summed E-state index contributed by atoms with van der Waals surface area (Å²) in [6, 6.07) is 7.33. The molecule has 0 aromatic heterocycles. The van der Waals surface area contributed by atoms with Crippen LogP contribution in [0.2, 0.25) is 5.02 Å². The van der Waals surface area contributed by atoms with E-state index in [0.29, 0.717) is 29.2 Å². The van der Waals surface area contributed by atoms with Gasteiger partial charge in [-0.2, -0.15) is 13.2 Å². The lowest BCUT2D eigenvalue weighted by Crippen LogP contribution is -2.54. The molecule has 1 N–H and O–H groups in total. The molecule has 3 fully saturated rings. The Balaban J connectivity index is 1.54. The van der Waals surface area contributed by atoms with Crippen LogP contribution < -0.4 is 10.2 Å². The van der Waals surface area contributed by atoms with Crippen molar-refractivity contribution in [1.82, 2.24) is 4.90 Å². The van der Waals surface area contributed by atoms with Crippen molar-refractivity contribution in [1.29, 1.82) is 0 Å². The van der Waals surface area contributed by atoms with E-state index in [9.17, 15) is 27.6 Å². The van der Waals surface area contributed by atoms with Crippen LogP contribution in [-0.2, 0) is 26.1 Å². The fourth-order valence-electron chi connectivity index (χ4n) is 6.47. The molecule has 4 aliphatic rings. The van der Waals surface area contributed by atoms with Gasteiger partial charge in [-0.1, -0.05) is 23.7 Å². The zero-order valence-electron chi connectivity index (χ0n) is 17.9. The second-order valence-corrected chi connectivity index (χ2v) is 9.76. The quantitative estimate of drug-likeness (QED) is 0.612. The first-order chi connectivity index (χ1) is 16.1. The van der Waals surface area contributed by atoms with E-state index in [1.165, 1.54) is 12.1 Å². The molecule has 6 nitrogen and oxygen atoms in total. The van der Waals surface area contributed by atoms with Crippen LogP contribution >= 0.6 is 11.6 Å². The molecule has 0 bridgehead atoms. The zero-order chi connectivity index (χ0) is 24.2. The van der Waals surface area contributed by atoms with Crippen LogP contribution in [0.25, 0.3) is 0 Å². The number of rotatable bonds is 1. The van der Waals surface area contributed by atoms with Crippen molar-refractivity contribution in [2.24, 2.45) is 11.8 Å². The van der Waals surface area contributed by atoms with E-state index in [-0.39, 0.29) is 11.7 Å². The van der Waals surface area contributed by atoms with Crippen LogP contribution in [0.15, 0.2) is 36.4 Å². The van der Waals surface area contributed by atoms with Gasteiger partial charge in [0.05, 0.1) is 33.8 Å². The summed E-state index contributed by atoms with van der Waals surface area (Å²) in [5, 5.41) is 3.17. The van der Waals surface area contributed by atoms with E-state index in [2.05, 4.69) is 5.32 Å². The minimum absolute atomic E-state index is 0.139. The van der Waals surface area contributed by atoms with Gasteiger partial charge in [-0.05, 0) is 56.1 Å². The fourth-order valence-corrected chi connectivity index (χ4v) is 6.79. The molecule has 34 heavy (non-hydrogen) atoms. The summed E-state index contributed by atoms with van der Waals surface area (Å²) in [5.74, 6) is -3.55. The van der Waals surface area contributed by atoms with E-state index < -0.39 is 46.8 Å². The number of amides is 3. The second kappa shape index (κ2) is 6.82. The van der Waals surface area contributed by atoms with Gasteiger partial charge in [-0.25, -0.2) is 4.90 Å². The normalized spacial score (nSPS) is 30.2. The summed E-state index contributed by atoms with van der Waals surface area (Å²) in [5.41, 5.74) is -0.758. The Hall–Kier alpha value is -2.91. The van der Waals surface area contributed by atoms with Gasteiger partial charge in [0.15, 0.2) is 0 Å². The molecule has 4 heterocycles. The number of halogens is 4. The first kappa shape index (κ1) is 21.6. The van der Waals surface area contributed by atoms with Gasteiger partial charge in [0.25, 0.3) is 5.91 Å². The topological polar surface area (TPSA) is 69.7 Å². The van der Waals surface area contributed by atoms with Gasteiger partial charge in [-0.3, -0.25) is 19.3 Å². The molecular formula is C24H19ClF3N3O3. The maximum absolute atomic E-state index is 13.9. The lowest BCUT2D eigenvalue weighted by atomic mass is 9.75. The molecular weight excluding hydrogens is 471 g/mol. The van der Waals surface area contributed by atoms with E-state index in [1.807, 2.05) is 17.9 Å². The van der Waals surface area contributed by atoms with Crippen molar-refractivity contribution >= 4 is 40.7 Å². The van der Waals surface area contributed by atoms with Crippen LogP contribution in [0.3, 0.4) is 0 Å². The van der Waals surface area contributed by atoms with Gasteiger partial charge < -0.3 is 5.32 Å². The molecule has 0 radical (unpaired) electrons. The van der Waals surface area contributed by atoms with Gasteiger partial charge in [0.1, 0.15) is 5.54 Å². The molecule has 3 amide bonds. The molecule has 4 atom stereocenters. The first-order valence-electron chi connectivity index (χ1n) is 11.0. The molecule has 0 unspecified atom stereocenters. The number of imide groups is 1. The number of benzene rings is 2. The van der Waals surface area contributed by atoms with Crippen molar-refractivity contribution < 1.29 is 27.6 Å². The van der Waals surface area contributed by atoms with Gasteiger partial charge in [0, 0.05) is 11.6 Å². The number of carbonyl (C=O) groups excluding carboxylic acids is 3. The summed E-state index contributed by atoms with van der Waals surface area (Å²) in [6.07, 6.45) is -3.27. The number of hydrogen-bond acceptors (Lipinski definition) is 4. The van der Waals surface area contributed by atoms with Gasteiger partial charge in [0.2, 0.25) is 11.8 Å². The summed E-state index contributed by atoms with van der Waals surface area (Å²) in [6.45, 7) is 2.35. The molecule has 0 saturated carbocycles. The highest BCUT2D eigenvalue weighted by atomic mass is 35.5. The van der Waals surface area contributed by atoms with Crippen molar-refractivity contribution in [3.63, 3.8) is 0 Å². The Labute approximate surface area is 197 Å². The van der Waals surface area contributed by atoms with Crippen LogP contribution in [0.1, 0.15) is 29.5 Å². The summed E-state index contributed by atoms with van der Waals surface area (Å²) in [4.78, 5) is 43.9. The maximum atomic E-state index is 13.9. The largest absolute Gasteiger partial charge is 0.416 e. The number of carbonyl (C=O) groups is 3. The van der Waals surface area contributed by atoms with Gasteiger partial charge in [-0.15, -0.1) is 0 Å². The lowest BCUT2D eigenvalue weighted by Gasteiger charge is -2.36. The number of hydrogen-bond donors (Lipinski definition) is 1. The Morgan fingerprint density at radius 1 is 1.12 bits per heavy atom. The second-order valence-electron chi connectivity index (χ2n) is 9.36. The standard InChI is InChI=1S/C24H19ClF3N3O3/c1-11-8-14-19(15(25)9-11)29-22(34)23(14)18-17(16-6-3-7-30(16)23)20(32)31(21(18)33)13-5-2-4-12(10-13)24(26,27)28/h2,4-5,8-10,16-18H,3,6-7H2,1H3,(H,29,34)/t16-,17-,18+,23-/m1/s1. The summed E-state index contributed by atoms with van der Waals surface area (Å²) >= 11 is 6.44. The summed E-state index contributed by atoms with van der Waals surface area (Å²) < 4.78 is 40.0. The highest BCUT2D eigenvalue weighted by molar-refractivity contribution is 6.35. The van der Waals surface area contributed by atoms with Crippen molar-refractivity contribution in [2.75, 3.05) is 16.8 Å². The zero-order valence-corrected chi connectivity index (χ0v) is 18.7. The Morgan fingerprint density at radius 2 is 1.88 bits per heavy atom. The fraction of sp³-hybridized carbons (Fsp3) is 0.375. The maximum Gasteiger partial charge on any atom is 0.416 e. The lowest BCUT2D eigenvalue weighted by molar-refractivity contribution is -0.137. The molecule has 0 aliphatic carbocycles. The predicted octanol–water partition coefficient (Wildman–Crippen LogP) is 4.10. The molecule has 3 saturated heterocycles. The third-order valence-electron chi connectivity index (χ3n) is 7.63. The van der Waals surface area contributed by atoms with Crippen LogP contribution in [-0.4, -0.2) is 35.2 Å². The van der Waals surface area contributed by atoms with Crippen molar-refractivity contribution in [2.45, 2.75) is 37.5 Å². The molecule has 4 aliphatic heterocycles. The molecule has 2 aromatic carbocycles. The Morgan fingerprint density at radius 3 is 2.62 bits per heavy atom. The number of nitrogens with zero attached hydrogens (tertiary/aromatic N) is 2. The van der Waals surface area contributed by atoms with E-state index in [4.69, 9.17) is 11.6 Å². The SMILES string of the molecule is Cc1cc(Cl)c2c(c1)[C@]1(C(=O)N2)[C@@H]2C(=O)N(c3cccc(C(F)(F)F)c3)C(=O)[C@@H]2[C@H]2CCCN21. The Bertz CT molecular complexity index is 1300. The highest BCUT2D eigenvalue weighted by Crippen LogP contribution is 2.61. The number of aryl methyl sites for hydroxylation is 1. The minimum Gasteiger partial charge on any atom is -0.323 e. The van der Waals surface area contributed by atoms with Crippen LogP contribution in [0.5, 0.6) is 0 Å². The molecule has 2 aromatic rings. The molecule has 176 valence electrons. The Kier molecular flexibility index (Phi) is 4.34. The third-order valence-corrected chi connectivity index (χ3v) is 7.93. The minimum atomic E-state index is -4.63. The number of alkyl halides is 3. The van der Waals surface area contributed by atoms with E-state index in [1.54, 1.807) is 6.07 Å². The van der Waals surface area contributed by atoms with Gasteiger partial charge >= 0.3 is 6.18 Å². The number of nitrogens with one attached hydrogen (secondary N) is 1. The number of fused-ring (bicyclic) bond motifs is 7. The summed E-state index contributed by atoms with van der Waals surface area (Å²) in [7, 11) is 0. The first-order valence-corrected chi connectivity index (χ1v) is 11.4. The smallest absolute Gasteiger partial charge is 0.323 e. The van der Waals surface area contributed by atoms with Crippen LogP contribution in [0, 0.1) is 18.8 Å². The van der Waals surface area contributed by atoms with Crippen molar-refractivity contribution in [3.05, 3.63) is 58.1 Å². The molecule has 10 heteroatoms. The third kappa shape index (κ3) is 2.54. The monoisotopic (exact) mass is 489 g/mol. The van der Waals surface area contributed by atoms with E-state index in [0.717, 1.165) is 29.0 Å². The average Bonchev–Trinajstić information content (AvgIpc) is 3.47. The molecule has 6 rings (SSSR count). The number of anilines is 2. The predicted molar refractivity (Wildman–Crippen MR) is 117 cm³/mol.